The van der Waals surface area contributed by atoms with Crippen molar-refractivity contribution in [2.75, 3.05) is 0 Å². The van der Waals surface area contributed by atoms with E-state index in [0.29, 0.717) is 6.67 Å². The van der Waals surface area contributed by atoms with Crippen molar-refractivity contribution >= 4 is 11.0 Å². The summed E-state index contributed by atoms with van der Waals surface area (Å²) in [6.45, 7) is 0.639. The van der Waals surface area contributed by atoms with Crippen LogP contribution >= 0.6 is 0 Å². The monoisotopic (exact) mass is 199 g/mol. The Morgan fingerprint density at radius 3 is 3.00 bits per heavy atom. The molecule has 0 fully saturated rings. The minimum atomic E-state index is 0.639. The van der Waals surface area contributed by atoms with Gasteiger partial charge in [0.15, 0.2) is 0 Å². The molecule has 3 aromatic rings. The third kappa shape index (κ3) is 1.38. The zero-order valence-electron chi connectivity index (χ0n) is 7.98. The number of imidazole rings is 1. The third-order valence-electron chi connectivity index (χ3n) is 2.28. The number of para-hydroxylation sites is 1. The molecule has 2 aromatic heterocycles. The van der Waals surface area contributed by atoms with E-state index in [-0.39, 0.29) is 0 Å². The molecule has 0 saturated heterocycles. The summed E-state index contributed by atoms with van der Waals surface area (Å²) in [6.07, 6.45) is 5.41. The van der Waals surface area contributed by atoms with Crippen LogP contribution in [-0.4, -0.2) is 24.5 Å². The second-order valence-corrected chi connectivity index (χ2v) is 3.30. The summed E-state index contributed by atoms with van der Waals surface area (Å²) in [7, 11) is 0. The van der Waals surface area contributed by atoms with E-state index in [9.17, 15) is 0 Å². The molecule has 0 aliphatic carbocycles. The standard InChI is InChI=1S/C10H9N5/c1-2-4-10-9(3-1)12-13-15(10)8-14-6-5-11-7-14/h1-7H,8H2. The Kier molecular flexibility index (Phi) is 1.74. The average molecular weight is 199 g/mol. The second-order valence-electron chi connectivity index (χ2n) is 3.30. The van der Waals surface area contributed by atoms with Gasteiger partial charge in [0.2, 0.25) is 0 Å². The first-order chi connectivity index (χ1) is 7.43. The van der Waals surface area contributed by atoms with Crippen LogP contribution in [0.4, 0.5) is 0 Å². The quantitative estimate of drug-likeness (QED) is 0.621. The fraction of sp³-hybridized carbons (Fsp3) is 0.100. The summed E-state index contributed by atoms with van der Waals surface area (Å²) < 4.78 is 3.79. The molecule has 0 saturated carbocycles. The van der Waals surface area contributed by atoms with Gasteiger partial charge in [0.1, 0.15) is 12.2 Å². The molecular weight excluding hydrogens is 190 g/mol. The molecule has 5 heteroatoms. The molecule has 0 bridgehead atoms. The Balaban J connectivity index is 2.05. The van der Waals surface area contributed by atoms with Crippen molar-refractivity contribution in [1.29, 1.82) is 0 Å². The smallest absolute Gasteiger partial charge is 0.119 e. The van der Waals surface area contributed by atoms with Gasteiger partial charge in [-0.2, -0.15) is 0 Å². The lowest BCUT2D eigenvalue weighted by Crippen LogP contribution is -2.07. The maximum absolute atomic E-state index is 4.09. The summed E-state index contributed by atoms with van der Waals surface area (Å²) in [6, 6.07) is 7.90. The van der Waals surface area contributed by atoms with Gasteiger partial charge >= 0.3 is 0 Å². The van der Waals surface area contributed by atoms with E-state index >= 15 is 0 Å². The number of hydrogen-bond acceptors (Lipinski definition) is 3. The first kappa shape index (κ1) is 8.16. The van der Waals surface area contributed by atoms with Crippen molar-refractivity contribution in [3.63, 3.8) is 0 Å². The van der Waals surface area contributed by atoms with Gasteiger partial charge in [0, 0.05) is 12.4 Å². The molecule has 74 valence electrons. The molecule has 5 nitrogen and oxygen atoms in total. The minimum absolute atomic E-state index is 0.639. The second kappa shape index (κ2) is 3.20. The Labute approximate surface area is 86.0 Å². The highest BCUT2D eigenvalue weighted by molar-refractivity contribution is 5.73. The molecule has 15 heavy (non-hydrogen) atoms. The lowest BCUT2D eigenvalue weighted by molar-refractivity contribution is 0.545. The molecule has 1 aromatic carbocycles. The van der Waals surface area contributed by atoms with Crippen LogP contribution in [-0.2, 0) is 6.67 Å². The first-order valence-corrected chi connectivity index (χ1v) is 4.67. The molecule has 0 radical (unpaired) electrons. The van der Waals surface area contributed by atoms with Crippen LogP contribution in [0.5, 0.6) is 0 Å². The molecule has 0 aliphatic heterocycles. The zero-order valence-corrected chi connectivity index (χ0v) is 7.98. The van der Waals surface area contributed by atoms with Crippen LogP contribution in [0.15, 0.2) is 43.0 Å². The maximum atomic E-state index is 4.09. The normalized spacial score (nSPS) is 10.9. The van der Waals surface area contributed by atoms with Crippen molar-refractivity contribution in [3.8, 4) is 0 Å². The summed E-state index contributed by atoms with van der Waals surface area (Å²) in [4.78, 5) is 3.98. The van der Waals surface area contributed by atoms with Gasteiger partial charge in [0.25, 0.3) is 0 Å². The summed E-state index contributed by atoms with van der Waals surface area (Å²) in [5.41, 5.74) is 1.95. The van der Waals surface area contributed by atoms with E-state index in [4.69, 9.17) is 0 Å². The molecule has 3 rings (SSSR count). The topological polar surface area (TPSA) is 48.5 Å². The lowest BCUT2D eigenvalue weighted by atomic mass is 10.3. The predicted octanol–water partition coefficient (Wildman–Crippen LogP) is 1.13. The molecule has 0 aliphatic rings. The van der Waals surface area contributed by atoms with Crippen molar-refractivity contribution in [2.45, 2.75) is 6.67 Å². The SMILES string of the molecule is c1ccc2c(c1)nnn2Cn1ccnc1. The van der Waals surface area contributed by atoms with Crippen LogP contribution in [0.3, 0.4) is 0 Å². The number of hydrogen-bond donors (Lipinski definition) is 0. The van der Waals surface area contributed by atoms with Crippen LogP contribution in [0, 0.1) is 0 Å². The number of fused-ring (bicyclic) bond motifs is 1. The lowest BCUT2D eigenvalue weighted by Gasteiger charge is -2.01. The Hall–Kier alpha value is -2.17. The molecule has 0 N–H and O–H groups in total. The van der Waals surface area contributed by atoms with Crippen molar-refractivity contribution in [2.24, 2.45) is 0 Å². The number of benzene rings is 1. The van der Waals surface area contributed by atoms with Crippen LogP contribution in [0.1, 0.15) is 0 Å². The zero-order chi connectivity index (χ0) is 10.1. The van der Waals surface area contributed by atoms with Crippen molar-refractivity contribution < 1.29 is 0 Å². The van der Waals surface area contributed by atoms with Crippen molar-refractivity contribution in [3.05, 3.63) is 43.0 Å². The highest BCUT2D eigenvalue weighted by atomic mass is 15.5. The van der Waals surface area contributed by atoms with E-state index in [1.165, 1.54) is 0 Å². The third-order valence-corrected chi connectivity index (χ3v) is 2.28. The van der Waals surface area contributed by atoms with E-state index in [1.807, 2.05) is 39.7 Å². The van der Waals surface area contributed by atoms with Gasteiger partial charge in [-0.15, -0.1) is 5.10 Å². The van der Waals surface area contributed by atoms with E-state index < -0.39 is 0 Å². The Morgan fingerprint density at radius 1 is 1.20 bits per heavy atom. The fourth-order valence-electron chi connectivity index (χ4n) is 1.55. The number of rotatable bonds is 2. The molecule has 0 unspecified atom stereocenters. The highest BCUT2D eigenvalue weighted by Gasteiger charge is 2.02. The molecule has 0 spiro atoms. The summed E-state index contributed by atoms with van der Waals surface area (Å²) in [5.74, 6) is 0. The van der Waals surface area contributed by atoms with E-state index in [1.54, 1.807) is 12.5 Å². The number of aromatic nitrogens is 5. The van der Waals surface area contributed by atoms with Gasteiger partial charge in [-0.05, 0) is 12.1 Å². The molecule has 2 heterocycles. The summed E-state index contributed by atoms with van der Waals surface area (Å²) >= 11 is 0. The van der Waals surface area contributed by atoms with Crippen LogP contribution < -0.4 is 0 Å². The van der Waals surface area contributed by atoms with Crippen molar-refractivity contribution in [1.82, 2.24) is 24.5 Å². The molecular formula is C10H9N5. The summed E-state index contributed by atoms with van der Waals surface area (Å²) in [5, 5.41) is 8.17. The Bertz CT molecular complexity index is 566. The maximum Gasteiger partial charge on any atom is 0.119 e. The number of nitrogens with zero attached hydrogens (tertiary/aromatic N) is 5. The van der Waals surface area contributed by atoms with Gasteiger partial charge in [-0.1, -0.05) is 17.3 Å². The molecule has 0 amide bonds. The van der Waals surface area contributed by atoms with Crippen LogP contribution in [0.25, 0.3) is 11.0 Å². The van der Waals surface area contributed by atoms with Gasteiger partial charge in [0.05, 0.1) is 11.8 Å². The molecule has 0 atom stereocenters. The van der Waals surface area contributed by atoms with E-state index in [2.05, 4.69) is 15.3 Å². The fourth-order valence-corrected chi connectivity index (χ4v) is 1.55. The van der Waals surface area contributed by atoms with Crippen LogP contribution in [0.2, 0.25) is 0 Å². The van der Waals surface area contributed by atoms with Gasteiger partial charge in [-0.25, -0.2) is 9.67 Å². The largest absolute Gasteiger partial charge is 0.317 e. The average Bonchev–Trinajstić information content (AvgIpc) is 2.89. The Morgan fingerprint density at radius 2 is 2.13 bits per heavy atom. The van der Waals surface area contributed by atoms with Gasteiger partial charge < -0.3 is 4.57 Å². The first-order valence-electron chi connectivity index (χ1n) is 4.67. The predicted molar refractivity (Wildman–Crippen MR) is 55.2 cm³/mol. The van der Waals surface area contributed by atoms with Gasteiger partial charge in [-0.3, -0.25) is 0 Å². The minimum Gasteiger partial charge on any atom is -0.317 e. The highest BCUT2D eigenvalue weighted by Crippen LogP contribution is 2.09. The van der Waals surface area contributed by atoms with E-state index in [0.717, 1.165) is 11.0 Å².